The summed E-state index contributed by atoms with van der Waals surface area (Å²) < 4.78 is 0. The van der Waals surface area contributed by atoms with Crippen molar-refractivity contribution in [3.8, 4) is 11.3 Å². The molecule has 0 unspecified atom stereocenters. The van der Waals surface area contributed by atoms with Crippen LogP contribution >= 0.6 is 22.9 Å². The molecule has 0 radical (unpaired) electrons. The lowest BCUT2D eigenvalue weighted by molar-refractivity contribution is -0.131. The van der Waals surface area contributed by atoms with Crippen molar-refractivity contribution in [1.82, 2.24) is 4.98 Å². The summed E-state index contributed by atoms with van der Waals surface area (Å²) in [5.74, 6) is -0.958. The number of carbonyl (C=O) groups is 1. The van der Waals surface area contributed by atoms with Gasteiger partial charge in [0.25, 0.3) is 0 Å². The molecule has 25 heavy (non-hydrogen) atoms. The van der Waals surface area contributed by atoms with Crippen LogP contribution < -0.4 is 5.32 Å². The number of nitrogens with one attached hydrogen (secondary N) is 1. The Morgan fingerprint density at radius 3 is 2.68 bits per heavy atom. The van der Waals surface area contributed by atoms with Gasteiger partial charge in [0, 0.05) is 27.7 Å². The molecule has 0 aliphatic rings. The number of hydrogen-bond acceptors (Lipinski definition) is 4. The lowest BCUT2D eigenvalue weighted by atomic mass is 10.2. The first-order valence-electron chi connectivity index (χ1n) is 7.56. The second-order valence-corrected chi connectivity index (χ2v) is 6.60. The number of aliphatic carboxylic acids is 1. The zero-order valence-corrected chi connectivity index (χ0v) is 14.7. The Hall–Kier alpha value is -2.63. The number of carboxylic acid groups (broad SMARTS) is 1. The first-order valence-corrected chi connectivity index (χ1v) is 8.82. The molecule has 126 valence electrons. The number of halogens is 1. The fourth-order valence-electron chi connectivity index (χ4n) is 2.24. The highest BCUT2D eigenvalue weighted by Crippen LogP contribution is 2.28. The van der Waals surface area contributed by atoms with Gasteiger partial charge in [-0.25, -0.2) is 9.78 Å². The average molecular weight is 371 g/mol. The van der Waals surface area contributed by atoms with Gasteiger partial charge in [0.2, 0.25) is 0 Å². The highest BCUT2D eigenvalue weighted by Gasteiger charge is 2.07. The van der Waals surface area contributed by atoms with E-state index in [1.165, 1.54) is 0 Å². The van der Waals surface area contributed by atoms with Crippen LogP contribution in [0.25, 0.3) is 17.3 Å². The molecule has 6 heteroatoms. The Kier molecular flexibility index (Phi) is 5.48. The van der Waals surface area contributed by atoms with Gasteiger partial charge in [0.1, 0.15) is 5.01 Å². The van der Waals surface area contributed by atoms with Gasteiger partial charge < -0.3 is 10.4 Å². The van der Waals surface area contributed by atoms with E-state index in [0.717, 1.165) is 33.6 Å². The van der Waals surface area contributed by atoms with Crippen molar-refractivity contribution in [2.24, 2.45) is 0 Å². The number of carboxylic acids is 1. The van der Waals surface area contributed by atoms with Gasteiger partial charge in [0.15, 0.2) is 0 Å². The van der Waals surface area contributed by atoms with E-state index in [4.69, 9.17) is 16.7 Å². The molecule has 0 saturated heterocycles. The van der Waals surface area contributed by atoms with E-state index in [1.807, 2.05) is 53.9 Å². The largest absolute Gasteiger partial charge is 0.478 e. The van der Waals surface area contributed by atoms with Gasteiger partial charge in [-0.15, -0.1) is 11.3 Å². The van der Waals surface area contributed by atoms with E-state index in [-0.39, 0.29) is 0 Å². The summed E-state index contributed by atoms with van der Waals surface area (Å²) in [5, 5.41) is 15.6. The maximum absolute atomic E-state index is 10.5. The minimum atomic E-state index is -0.958. The number of nitrogens with zero attached hydrogens (tertiary/aromatic N) is 1. The molecule has 0 aliphatic heterocycles. The summed E-state index contributed by atoms with van der Waals surface area (Å²) in [7, 11) is 0. The molecule has 0 spiro atoms. The summed E-state index contributed by atoms with van der Waals surface area (Å²) in [5.41, 5.74) is 3.59. The Morgan fingerprint density at radius 1 is 1.20 bits per heavy atom. The van der Waals surface area contributed by atoms with E-state index in [2.05, 4.69) is 10.3 Å². The average Bonchev–Trinajstić information content (AvgIpc) is 3.08. The Morgan fingerprint density at radius 2 is 1.96 bits per heavy atom. The van der Waals surface area contributed by atoms with Gasteiger partial charge >= 0.3 is 5.97 Å². The van der Waals surface area contributed by atoms with Crippen LogP contribution in [-0.4, -0.2) is 16.1 Å². The molecular formula is C19H15ClN2O2S. The van der Waals surface area contributed by atoms with E-state index in [9.17, 15) is 4.79 Å². The third-order valence-electron chi connectivity index (χ3n) is 3.47. The molecule has 4 nitrogen and oxygen atoms in total. The SMILES string of the molecule is O=C(O)/C=C/c1ccc(NCc2nc(-c3ccccc3Cl)cs2)cc1. The monoisotopic (exact) mass is 370 g/mol. The van der Waals surface area contributed by atoms with Crippen molar-refractivity contribution < 1.29 is 9.90 Å². The van der Waals surface area contributed by atoms with Crippen molar-refractivity contribution in [1.29, 1.82) is 0 Å². The third-order valence-corrected chi connectivity index (χ3v) is 4.65. The van der Waals surface area contributed by atoms with Crippen molar-refractivity contribution in [2.45, 2.75) is 6.54 Å². The lowest BCUT2D eigenvalue weighted by Crippen LogP contribution is -1.98. The highest BCUT2D eigenvalue weighted by atomic mass is 35.5. The number of hydrogen-bond donors (Lipinski definition) is 2. The second kappa shape index (κ2) is 7.96. The van der Waals surface area contributed by atoms with Crippen LogP contribution in [-0.2, 0) is 11.3 Å². The summed E-state index contributed by atoms with van der Waals surface area (Å²) in [4.78, 5) is 15.1. The van der Waals surface area contributed by atoms with Gasteiger partial charge in [-0.1, -0.05) is 41.9 Å². The highest BCUT2D eigenvalue weighted by molar-refractivity contribution is 7.10. The van der Waals surface area contributed by atoms with Crippen molar-refractivity contribution >= 4 is 40.7 Å². The quantitative estimate of drug-likeness (QED) is 0.587. The molecule has 3 rings (SSSR count). The van der Waals surface area contributed by atoms with Crippen LogP contribution in [0.15, 0.2) is 60.0 Å². The standard InChI is InChI=1S/C19H15ClN2O2S/c20-16-4-2-1-3-15(16)17-12-25-18(22-17)11-21-14-8-5-13(6-9-14)7-10-19(23)24/h1-10,12,21H,11H2,(H,23,24)/b10-7+. The topological polar surface area (TPSA) is 62.2 Å². The number of rotatable bonds is 6. The summed E-state index contributed by atoms with van der Waals surface area (Å²) in [6.07, 6.45) is 2.68. The molecule has 0 bridgehead atoms. The lowest BCUT2D eigenvalue weighted by Gasteiger charge is -2.04. The van der Waals surface area contributed by atoms with Crippen molar-refractivity contribution in [3.05, 3.63) is 75.6 Å². The molecule has 2 N–H and O–H groups in total. The van der Waals surface area contributed by atoms with Crippen molar-refractivity contribution in [3.63, 3.8) is 0 Å². The van der Waals surface area contributed by atoms with Crippen LogP contribution in [0.4, 0.5) is 5.69 Å². The minimum absolute atomic E-state index is 0.611. The number of benzene rings is 2. The molecule has 0 atom stereocenters. The van der Waals surface area contributed by atoms with Gasteiger partial charge in [-0.05, 0) is 29.8 Å². The molecular weight excluding hydrogens is 356 g/mol. The van der Waals surface area contributed by atoms with Crippen LogP contribution in [0.5, 0.6) is 0 Å². The van der Waals surface area contributed by atoms with Crippen LogP contribution in [0.1, 0.15) is 10.6 Å². The predicted molar refractivity (Wildman–Crippen MR) is 103 cm³/mol. The van der Waals surface area contributed by atoms with Gasteiger partial charge in [0.05, 0.1) is 12.2 Å². The summed E-state index contributed by atoms with van der Waals surface area (Å²) >= 11 is 7.79. The van der Waals surface area contributed by atoms with Crippen LogP contribution in [0.2, 0.25) is 5.02 Å². The van der Waals surface area contributed by atoms with Crippen LogP contribution in [0.3, 0.4) is 0 Å². The first-order chi connectivity index (χ1) is 12.1. The summed E-state index contributed by atoms with van der Waals surface area (Å²) in [6.45, 7) is 0.611. The minimum Gasteiger partial charge on any atom is -0.478 e. The fourth-order valence-corrected chi connectivity index (χ4v) is 3.21. The van der Waals surface area contributed by atoms with Crippen LogP contribution in [0, 0.1) is 0 Å². The number of aromatic nitrogens is 1. The van der Waals surface area contributed by atoms with Gasteiger partial charge in [-0.3, -0.25) is 0 Å². The molecule has 1 aromatic heterocycles. The third kappa shape index (κ3) is 4.68. The molecule has 0 fully saturated rings. The first kappa shape index (κ1) is 17.2. The molecule has 3 aromatic rings. The zero-order valence-electron chi connectivity index (χ0n) is 13.1. The summed E-state index contributed by atoms with van der Waals surface area (Å²) in [6, 6.07) is 15.2. The normalized spacial score (nSPS) is 10.9. The van der Waals surface area contributed by atoms with E-state index < -0.39 is 5.97 Å². The molecule has 2 aromatic carbocycles. The van der Waals surface area contributed by atoms with Crippen molar-refractivity contribution in [2.75, 3.05) is 5.32 Å². The molecule has 0 amide bonds. The Bertz CT molecular complexity index is 904. The number of anilines is 1. The number of thiazole rings is 1. The van der Waals surface area contributed by atoms with E-state index in [1.54, 1.807) is 17.4 Å². The molecule has 0 aliphatic carbocycles. The zero-order chi connectivity index (χ0) is 17.6. The predicted octanol–water partition coefficient (Wildman–Crippen LogP) is 5.17. The van der Waals surface area contributed by atoms with E-state index in [0.29, 0.717) is 11.6 Å². The molecule has 1 heterocycles. The maximum atomic E-state index is 10.5. The molecule has 0 saturated carbocycles. The fraction of sp³-hybridized carbons (Fsp3) is 0.0526. The second-order valence-electron chi connectivity index (χ2n) is 5.25. The Balaban J connectivity index is 1.63. The van der Waals surface area contributed by atoms with Gasteiger partial charge in [-0.2, -0.15) is 0 Å². The Labute approximate surface area is 154 Å². The maximum Gasteiger partial charge on any atom is 0.328 e. The smallest absolute Gasteiger partial charge is 0.328 e. The van der Waals surface area contributed by atoms with E-state index >= 15 is 0 Å².